The van der Waals surface area contributed by atoms with Gasteiger partial charge in [0, 0.05) is 71.5 Å². The summed E-state index contributed by atoms with van der Waals surface area (Å²) in [5.41, 5.74) is 2.52. The Morgan fingerprint density at radius 3 is 2.51 bits per heavy atom. The van der Waals surface area contributed by atoms with Crippen molar-refractivity contribution < 1.29 is 18.3 Å². The molecule has 7 nitrogen and oxygen atoms in total. The molecule has 3 aromatic heterocycles. The Hall–Kier alpha value is -4.83. The maximum Gasteiger partial charge on any atom is 0.418 e. The fourth-order valence-electron chi connectivity index (χ4n) is 5.68. The Morgan fingerprint density at radius 1 is 0.878 bits per heavy atom. The average molecular weight is 556 g/mol. The molecule has 1 aliphatic heterocycles. The van der Waals surface area contributed by atoms with Crippen LogP contribution in [0.2, 0.25) is 0 Å². The first-order chi connectivity index (χ1) is 19.8. The van der Waals surface area contributed by atoms with Gasteiger partial charge in [-0.15, -0.1) is 0 Å². The van der Waals surface area contributed by atoms with Gasteiger partial charge >= 0.3 is 6.18 Å². The highest BCUT2D eigenvalue weighted by Crippen LogP contribution is 2.39. The van der Waals surface area contributed by atoms with E-state index in [1.54, 1.807) is 41.4 Å². The van der Waals surface area contributed by atoms with E-state index in [2.05, 4.69) is 15.3 Å². The molecule has 3 aromatic carbocycles. The number of pyridine rings is 2. The van der Waals surface area contributed by atoms with Crippen LogP contribution >= 0.6 is 0 Å². The van der Waals surface area contributed by atoms with Crippen LogP contribution in [-0.4, -0.2) is 45.8 Å². The number of halogens is 3. The number of piperazine rings is 1. The molecule has 4 heterocycles. The van der Waals surface area contributed by atoms with Crippen LogP contribution in [0.3, 0.4) is 0 Å². The summed E-state index contributed by atoms with van der Waals surface area (Å²) in [5.74, 6) is 0.155. The Bertz CT molecular complexity index is 2020. The van der Waals surface area contributed by atoms with Gasteiger partial charge in [-0.3, -0.25) is 14.3 Å². The minimum absolute atomic E-state index is 0.106. The largest absolute Gasteiger partial charge is 0.508 e. The van der Waals surface area contributed by atoms with Crippen molar-refractivity contribution in [1.29, 1.82) is 0 Å². The molecule has 0 radical (unpaired) electrons. The first-order valence-corrected chi connectivity index (χ1v) is 13.2. The highest BCUT2D eigenvalue weighted by atomic mass is 19.4. The minimum atomic E-state index is -4.61. The molecule has 41 heavy (non-hydrogen) atoms. The average Bonchev–Trinajstić information content (AvgIpc) is 3.40. The standard InChI is InChI=1S/C31H24F3N5O2/c32-31(33,34)24-16-21(3-7-28(24)38-11-9-35-10-12-38)39-29(41)8-2-19-17-36-26-5-1-18(14-23(26)30(19)39)27-15-20-13-22(40)4-6-25(20)37-27/h1-8,13-17,35,37,40H,9-12H2. The number of hydrogen-bond donors (Lipinski definition) is 3. The summed E-state index contributed by atoms with van der Waals surface area (Å²) in [4.78, 5) is 22.9. The number of H-pyrrole nitrogens is 1. The molecule has 1 aliphatic rings. The van der Waals surface area contributed by atoms with Crippen LogP contribution in [0.15, 0.2) is 83.8 Å². The number of fused-ring (bicyclic) bond motifs is 4. The van der Waals surface area contributed by atoms with Gasteiger partial charge in [-0.25, -0.2) is 0 Å². The maximum absolute atomic E-state index is 14.4. The number of aromatic nitrogens is 3. The number of alkyl halides is 3. The summed E-state index contributed by atoms with van der Waals surface area (Å²) in [6, 6.07) is 19.6. The lowest BCUT2D eigenvalue weighted by Gasteiger charge is -2.32. The number of nitrogens with one attached hydrogen (secondary N) is 2. The van der Waals surface area contributed by atoms with E-state index in [9.17, 15) is 23.1 Å². The second kappa shape index (κ2) is 9.38. The first kappa shape index (κ1) is 25.2. The number of aromatic hydroxyl groups is 1. The monoisotopic (exact) mass is 555 g/mol. The van der Waals surface area contributed by atoms with E-state index in [0.717, 1.165) is 28.2 Å². The van der Waals surface area contributed by atoms with Crippen LogP contribution in [0, 0.1) is 0 Å². The molecule has 1 saturated heterocycles. The Kier molecular flexibility index (Phi) is 5.75. The number of hydrogen-bond acceptors (Lipinski definition) is 5. The Balaban J connectivity index is 1.45. The van der Waals surface area contributed by atoms with Crippen molar-refractivity contribution in [3.05, 3.63) is 94.9 Å². The molecule has 1 fully saturated rings. The van der Waals surface area contributed by atoms with E-state index in [1.165, 1.54) is 16.7 Å². The van der Waals surface area contributed by atoms with Crippen molar-refractivity contribution in [2.45, 2.75) is 6.18 Å². The predicted octanol–water partition coefficient (Wildman–Crippen LogP) is 5.82. The van der Waals surface area contributed by atoms with Crippen LogP contribution in [0.5, 0.6) is 5.75 Å². The topological polar surface area (TPSA) is 86.2 Å². The van der Waals surface area contributed by atoms with Crippen LogP contribution in [0.4, 0.5) is 18.9 Å². The molecule has 0 spiro atoms. The third-order valence-electron chi connectivity index (χ3n) is 7.63. The zero-order valence-electron chi connectivity index (χ0n) is 21.7. The molecule has 0 saturated carbocycles. The summed E-state index contributed by atoms with van der Waals surface area (Å²) in [6.07, 6.45) is -2.98. The fourth-order valence-corrected chi connectivity index (χ4v) is 5.68. The van der Waals surface area contributed by atoms with Gasteiger partial charge in [-0.05, 0) is 66.2 Å². The van der Waals surface area contributed by atoms with Crippen molar-refractivity contribution in [2.24, 2.45) is 0 Å². The summed E-state index contributed by atoms with van der Waals surface area (Å²) >= 11 is 0. The molecule has 0 atom stereocenters. The molecule has 0 amide bonds. The highest BCUT2D eigenvalue weighted by Gasteiger charge is 2.36. The molecule has 0 unspecified atom stereocenters. The number of phenols is 1. The van der Waals surface area contributed by atoms with Crippen molar-refractivity contribution in [3.8, 4) is 22.7 Å². The van der Waals surface area contributed by atoms with E-state index < -0.39 is 17.3 Å². The third kappa shape index (κ3) is 4.36. The summed E-state index contributed by atoms with van der Waals surface area (Å²) in [7, 11) is 0. The number of aromatic amines is 1. The third-order valence-corrected chi connectivity index (χ3v) is 7.63. The van der Waals surface area contributed by atoms with Crippen LogP contribution in [0.25, 0.3) is 49.7 Å². The zero-order chi connectivity index (χ0) is 28.3. The van der Waals surface area contributed by atoms with Gasteiger partial charge in [0.2, 0.25) is 0 Å². The van der Waals surface area contributed by atoms with Crippen LogP contribution in [-0.2, 0) is 6.18 Å². The molecule has 0 aliphatic carbocycles. The lowest BCUT2D eigenvalue weighted by molar-refractivity contribution is -0.137. The zero-order valence-corrected chi connectivity index (χ0v) is 21.7. The van der Waals surface area contributed by atoms with Gasteiger partial charge in [0.05, 0.1) is 22.3 Å². The molecule has 7 rings (SSSR count). The SMILES string of the molecule is O=c1ccc2cnc3ccc(-c4cc5cc(O)ccc5[nH]4)cc3c2n1-c1ccc(N2CCNCC2)c(C(F)(F)F)c1. The van der Waals surface area contributed by atoms with Crippen LogP contribution in [0.1, 0.15) is 5.56 Å². The summed E-state index contributed by atoms with van der Waals surface area (Å²) in [6.45, 7) is 2.12. The van der Waals surface area contributed by atoms with Gasteiger partial charge in [0.1, 0.15) is 5.75 Å². The van der Waals surface area contributed by atoms with Gasteiger partial charge in [0.25, 0.3) is 5.56 Å². The van der Waals surface area contributed by atoms with Gasteiger partial charge in [-0.1, -0.05) is 6.07 Å². The Morgan fingerprint density at radius 2 is 1.71 bits per heavy atom. The molecule has 206 valence electrons. The number of rotatable bonds is 3. The number of benzene rings is 3. The van der Waals surface area contributed by atoms with E-state index >= 15 is 0 Å². The van der Waals surface area contributed by atoms with Crippen molar-refractivity contribution in [3.63, 3.8) is 0 Å². The second-order valence-corrected chi connectivity index (χ2v) is 10.2. The molecule has 6 aromatic rings. The Labute approximate surface area is 231 Å². The first-order valence-electron chi connectivity index (χ1n) is 13.2. The molecular weight excluding hydrogens is 531 g/mol. The van der Waals surface area contributed by atoms with E-state index in [0.29, 0.717) is 48.0 Å². The quantitative estimate of drug-likeness (QED) is 0.240. The lowest BCUT2D eigenvalue weighted by Crippen LogP contribution is -2.44. The fraction of sp³-hybridized carbons (Fsp3) is 0.161. The van der Waals surface area contributed by atoms with E-state index in [1.807, 2.05) is 24.3 Å². The molecular formula is C31H24F3N5O2. The number of phenolic OH excluding ortho intramolecular Hbond substituents is 1. The number of anilines is 1. The van der Waals surface area contributed by atoms with E-state index in [-0.39, 0.29) is 17.1 Å². The molecule has 3 N–H and O–H groups in total. The van der Waals surface area contributed by atoms with Gasteiger partial charge in [-0.2, -0.15) is 13.2 Å². The summed E-state index contributed by atoms with van der Waals surface area (Å²) in [5, 5.41) is 15.1. The summed E-state index contributed by atoms with van der Waals surface area (Å²) < 4.78 is 44.4. The smallest absolute Gasteiger partial charge is 0.418 e. The van der Waals surface area contributed by atoms with Gasteiger partial charge < -0.3 is 20.3 Å². The lowest BCUT2D eigenvalue weighted by atomic mass is 10.0. The van der Waals surface area contributed by atoms with Crippen molar-refractivity contribution >= 4 is 38.4 Å². The van der Waals surface area contributed by atoms with Crippen LogP contribution < -0.4 is 15.8 Å². The molecule has 10 heteroatoms. The van der Waals surface area contributed by atoms with Crippen molar-refractivity contribution in [1.82, 2.24) is 19.9 Å². The van der Waals surface area contributed by atoms with Gasteiger partial charge in [0.15, 0.2) is 0 Å². The molecule has 0 bridgehead atoms. The second-order valence-electron chi connectivity index (χ2n) is 10.2. The van der Waals surface area contributed by atoms with E-state index in [4.69, 9.17) is 0 Å². The van der Waals surface area contributed by atoms with Crippen molar-refractivity contribution in [2.75, 3.05) is 31.1 Å². The predicted molar refractivity (Wildman–Crippen MR) is 154 cm³/mol. The highest BCUT2D eigenvalue weighted by molar-refractivity contribution is 6.05. The number of nitrogens with zero attached hydrogens (tertiary/aromatic N) is 3. The normalized spacial score (nSPS) is 14.4. The minimum Gasteiger partial charge on any atom is -0.508 e. The maximum atomic E-state index is 14.4.